The van der Waals surface area contributed by atoms with Crippen LogP contribution in [0.1, 0.15) is 30.2 Å². The molecule has 0 aliphatic carbocycles. The first-order valence-corrected chi connectivity index (χ1v) is 7.49. The van der Waals surface area contributed by atoms with Gasteiger partial charge in [0.1, 0.15) is 0 Å². The van der Waals surface area contributed by atoms with Crippen molar-refractivity contribution in [1.29, 1.82) is 0 Å². The Morgan fingerprint density at radius 3 is 2.84 bits per heavy atom. The van der Waals surface area contributed by atoms with Gasteiger partial charge >= 0.3 is 0 Å². The molecule has 4 heteroatoms. The van der Waals surface area contributed by atoms with Crippen LogP contribution in [-0.2, 0) is 4.74 Å². The van der Waals surface area contributed by atoms with Crippen LogP contribution in [-0.4, -0.2) is 22.0 Å². The van der Waals surface area contributed by atoms with E-state index in [1.54, 1.807) is 0 Å². The molecule has 2 heterocycles. The van der Waals surface area contributed by atoms with E-state index in [1.807, 2.05) is 41.2 Å². The van der Waals surface area contributed by atoms with E-state index in [2.05, 4.69) is 34.1 Å². The number of hydrogen-bond acceptors (Lipinski definition) is 2. The van der Waals surface area contributed by atoms with Gasteiger partial charge in [-0.2, -0.15) is 5.10 Å². The molecule has 1 aromatic carbocycles. The minimum atomic E-state index is -0.120. The van der Waals surface area contributed by atoms with E-state index in [-0.39, 0.29) is 10.4 Å². The molecule has 2 unspecified atom stereocenters. The fourth-order valence-electron chi connectivity index (χ4n) is 2.54. The second kappa shape index (κ2) is 5.10. The Kier molecular flexibility index (Phi) is 3.46. The van der Waals surface area contributed by atoms with Crippen molar-refractivity contribution in [2.24, 2.45) is 0 Å². The first-order valence-electron chi connectivity index (χ1n) is 6.57. The molecule has 100 valence electrons. The minimum Gasteiger partial charge on any atom is -0.374 e. The third kappa shape index (κ3) is 2.47. The lowest BCUT2D eigenvalue weighted by molar-refractivity contribution is 0.0197. The van der Waals surface area contributed by atoms with Crippen molar-refractivity contribution in [1.82, 2.24) is 9.78 Å². The molecule has 0 amide bonds. The van der Waals surface area contributed by atoms with Gasteiger partial charge in [0.25, 0.3) is 0 Å². The number of para-hydroxylation sites is 1. The largest absolute Gasteiger partial charge is 0.374 e. The normalized spacial score (nSPS) is 24.5. The van der Waals surface area contributed by atoms with Gasteiger partial charge in [0, 0.05) is 18.4 Å². The van der Waals surface area contributed by atoms with Crippen molar-refractivity contribution in [3.05, 3.63) is 48.3 Å². The molecule has 0 N–H and O–H groups in total. The van der Waals surface area contributed by atoms with E-state index in [0.717, 1.165) is 30.7 Å². The van der Waals surface area contributed by atoms with Crippen molar-refractivity contribution < 1.29 is 4.74 Å². The van der Waals surface area contributed by atoms with Gasteiger partial charge in [-0.1, -0.05) is 34.1 Å². The number of rotatable bonds is 3. The zero-order chi connectivity index (χ0) is 13.3. The third-order valence-corrected chi connectivity index (χ3v) is 5.20. The van der Waals surface area contributed by atoms with E-state index in [9.17, 15) is 0 Å². The first kappa shape index (κ1) is 12.9. The molecule has 1 fully saturated rings. The SMILES string of the molecule is CC1(C(Br)c2cnn(-c3ccccc3)c2)CCCO1. The summed E-state index contributed by atoms with van der Waals surface area (Å²) in [7, 11) is 0. The first-order chi connectivity index (χ1) is 9.19. The molecule has 0 radical (unpaired) electrons. The van der Waals surface area contributed by atoms with Crippen LogP contribution in [0.3, 0.4) is 0 Å². The molecule has 1 aromatic heterocycles. The van der Waals surface area contributed by atoms with Crippen molar-refractivity contribution in [3.8, 4) is 5.69 Å². The minimum absolute atomic E-state index is 0.120. The van der Waals surface area contributed by atoms with Crippen LogP contribution in [0.25, 0.3) is 5.69 Å². The molecule has 0 spiro atoms. The van der Waals surface area contributed by atoms with E-state index < -0.39 is 0 Å². The summed E-state index contributed by atoms with van der Waals surface area (Å²) in [5.74, 6) is 0. The highest BCUT2D eigenvalue weighted by Gasteiger charge is 2.38. The predicted octanol–water partition coefficient (Wildman–Crippen LogP) is 3.88. The second-order valence-corrected chi connectivity index (χ2v) is 6.10. The van der Waals surface area contributed by atoms with Gasteiger partial charge in [-0.15, -0.1) is 0 Å². The van der Waals surface area contributed by atoms with Gasteiger partial charge in [0.15, 0.2) is 0 Å². The Morgan fingerprint density at radius 2 is 2.16 bits per heavy atom. The molecule has 3 rings (SSSR count). The summed E-state index contributed by atoms with van der Waals surface area (Å²) in [6.45, 7) is 3.02. The molecule has 3 nitrogen and oxygen atoms in total. The molecule has 0 saturated carbocycles. The van der Waals surface area contributed by atoms with Gasteiger partial charge in [-0.3, -0.25) is 0 Å². The Hall–Kier alpha value is -1.13. The standard InChI is InChI=1S/C15H17BrN2O/c1-15(8-5-9-19-15)14(16)12-10-17-18(11-12)13-6-3-2-4-7-13/h2-4,6-7,10-11,14H,5,8-9H2,1H3. The molecule has 1 saturated heterocycles. The van der Waals surface area contributed by atoms with Crippen LogP contribution in [0.4, 0.5) is 0 Å². The highest BCUT2D eigenvalue weighted by Crippen LogP contribution is 2.42. The van der Waals surface area contributed by atoms with Crippen molar-refractivity contribution >= 4 is 15.9 Å². The number of halogens is 1. The van der Waals surface area contributed by atoms with Crippen LogP contribution in [0, 0.1) is 0 Å². The summed E-state index contributed by atoms with van der Waals surface area (Å²) in [5, 5.41) is 4.44. The summed E-state index contributed by atoms with van der Waals surface area (Å²) in [5.41, 5.74) is 2.11. The maximum absolute atomic E-state index is 5.89. The average molecular weight is 321 g/mol. The molecule has 19 heavy (non-hydrogen) atoms. The fourth-order valence-corrected chi connectivity index (χ4v) is 3.14. The number of benzene rings is 1. The zero-order valence-corrected chi connectivity index (χ0v) is 12.5. The van der Waals surface area contributed by atoms with E-state index in [4.69, 9.17) is 4.74 Å². The van der Waals surface area contributed by atoms with Gasteiger partial charge in [-0.05, 0) is 31.9 Å². The van der Waals surface area contributed by atoms with E-state index in [1.165, 1.54) is 0 Å². The fraction of sp³-hybridized carbons (Fsp3) is 0.400. The zero-order valence-electron chi connectivity index (χ0n) is 10.9. The molecular weight excluding hydrogens is 304 g/mol. The maximum atomic E-state index is 5.89. The third-order valence-electron chi connectivity index (χ3n) is 3.70. The maximum Gasteiger partial charge on any atom is 0.0821 e. The highest BCUT2D eigenvalue weighted by molar-refractivity contribution is 9.09. The van der Waals surface area contributed by atoms with Crippen LogP contribution in [0.5, 0.6) is 0 Å². The van der Waals surface area contributed by atoms with Crippen LogP contribution < -0.4 is 0 Å². The average Bonchev–Trinajstić information content (AvgIpc) is 3.09. The van der Waals surface area contributed by atoms with Crippen molar-refractivity contribution in [2.75, 3.05) is 6.61 Å². The number of nitrogens with zero attached hydrogens (tertiary/aromatic N) is 2. The molecule has 2 aromatic rings. The van der Waals surface area contributed by atoms with Gasteiger partial charge < -0.3 is 4.74 Å². The van der Waals surface area contributed by atoms with Gasteiger partial charge in [-0.25, -0.2) is 4.68 Å². The smallest absolute Gasteiger partial charge is 0.0821 e. The lowest BCUT2D eigenvalue weighted by atomic mass is 9.95. The van der Waals surface area contributed by atoms with Crippen molar-refractivity contribution in [2.45, 2.75) is 30.2 Å². The van der Waals surface area contributed by atoms with E-state index in [0.29, 0.717) is 0 Å². The van der Waals surface area contributed by atoms with Gasteiger partial charge in [0.05, 0.1) is 22.3 Å². The second-order valence-electron chi connectivity index (χ2n) is 5.18. The topological polar surface area (TPSA) is 27.1 Å². The monoisotopic (exact) mass is 320 g/mol. The molecule has 2 atom stereocenters. The highest BCUT2D eigenvalue weighted by atomic mass is 79.9. The molecule has 1 aliphatic heterocycles. The van der Waals surface area contributed by atoms with Crippen LogP contribution >= 0.6 is 15.9 Å². The molecular formula is C15H17BrN2O. The number of ether oxygens (including phenoxy) is 1. The Bertz CT molecular complexity index is 546. The van der Waals surface area contributed by atoms with E-state index >= 15 is 0 Å². The van der Waals surface area contributed by atoms with Gasteiger partial charge in [0.2, 0.25) is 0 Å². The van der Waals surface area contributed by atoms with Crippen molar-refractivity contribution in [3.63, 3.8) is 0 Å². The quantitative estimate of drug-likeness (QED) is 0.802. The number of alkyl halides is 1. The molecule has 1 aliphatic rings. The summed E-state index contributed by atoms with van der Waals surface area (Å²) < 4.78 is 7.79. The van der Waals surface area contributed by atoms with Crippen LogP contribution in [0.15, 0.2) is 42.7 Å². The van der Waals surface area contributed by atoms with Crippen LogP contribution in [0.2, 0.25) is 0 Å². The summed E-state index contributed by atoms with van der Waals surface area (Å²) in [4.78, 5) is 0.181. The Morgan fingerprint density at radius 1 is 1.37 bits per heavy atom. The summed E-state index contributed by atoms with van der Waals surface area (Å²) in [6.07, 6.45) is 6.20. The number of hydrogen-bond donors (Lipinski definition) is 0. The Labute approximate surface area is 121 Å². The Balaban J connectivity index is 1.85. The lowest BCUT2D eigenvalue weighted by Gasteiger charge is -2.28. The summed E-state index contributed by atoms with van der Waals surface area (Å²) >= 11 is 3.78. The summed E-state index contributed by atoms with van der Waals surface area (Å²) in [6, 6.07) is 10.1. The predicted molar refractivity (Wildman–Crippen MR) is 78.8 cm³/mol. The molecule has 0 bridgehead atoms. The lowest BCUT2D eigenvalue weighted by Crippen LogP contribution is -2.28. The number of aromatic nitrogens is 2.